The SMILES string of the molecule is Cc1ccc(C(=O)N2CCN(C)C(C)(C)C2)cc1O. The van der Waals surface area contributed by atoms with E-state index >= 15 is 0 Å². The zero-order valence-electron chi connectivity index (χ0n) is 12.1. The van der Waals surface area contributed by atoms with Crippen molar-refractivity contribution in [3.8, 4) is 5.75 Å². The van der Waals surface area contributed by atoms with Crippen LogP contribution in [0.2, 0.25) is 0 Å². The fourth-order valence-corrected chi connectivity index (χ4v) is 2.34. The molecule has 104 valence electrons. The number of hydrogen-bond donors (Lipinski definition) is 1. The molecule has 1 aliphatic rings. The third-order valence-electron chi connectivity index (χ3n) is 4.06. The summed E-state index contributed by atoms with van der Waals surface area (Å²) < 4.78 is 0. The molecule has 1 fully saturated rings. The van der Waals surface area contributed by atoms with E-state index in [9.17, 15) is 9.90 Å². The molecular formula is C15H22N2O2. The maximum Gasteiger partial charge on any atom is 0.254 e. The maximum atomic E-state index is 12.5. The van der Waals surface area contributed by atoms with E-state index in [4.69, 9.17) is 0 Å². The highest BCUT2D eigenvalue weighted by molar-refractivity contribution is 5.94. The third-order valence-corrected chi connectivity index (χ3v) is 4.06. The van der Waals surface area contributed by atoms with Crippen LogP contribution in [0.5, 0.6) is 5.75 Å². The zero-order valence-corrected chi connectivity index (χ0v) is 12.1. The molecule has 1 saturated heterocycles. The summed E-state index contributed by atoms with van der Waals surface area (Å²) in [6.45, 7) is 8.40. The number of likely N-dealkylation sites (N-methyl/N-ethyl adjacent to an activating group) is 1. The van der Waals surface area contributed by atoms with Gasteiger partial charge in [0.15, 0.2) is 0 Å². The molecule has 0 aliphatic carbocycles. The van der Waals surface area contributed by atoms with Crippen LogP contribution in [-0.4, -0.2) is 53.0 Å². The van der Waals surface area contributed by atoms with Gasteiger partial charge in [-0.1, -0.05) is 6.07 Å². The van der Waals surface area contributed by atoms with E-state index in [2.05, 4.69) is 25.8 Å². The van der Waals surface area contributed by atoms with E-state index in [1.807, 2.05) is 11.8 Å². The number of piperazine rings is 1. The fraction of sp³-hybridized carbons (Fsp3) is 0.533. The standard InChI is InChI=1S/C15H22N2O2/c1-11-5-6-12(9-13(11)18)14(19)17-8-7-16(4)15(2,3)10-17/h5-6,9,18H,7-8,10H2,1-4H3. The van der Waals surface area contributed by atoms with Crippen molar-refractivity contribution in [1.82, 2.24) is 9.80 Å². The molecule has 1 amide bonds. The van der Waals surface area contributed by atoms with Crippen LogP contribution in [0.4, 0.5) is 0 Å². The molecule has 2 rings (SSSR count). The highest BCUT2D eigenvalue weighted by Crippen LogP contribution is 2.23. The first kappa shape index (κ1) is 13.9. The minimum atomic E-state index is -0.0132. The maximum absolute atomic E-state index is 12.5. The number of nitrogens with zero attached hydrogens (tertiary/aromatic N) is 2. The van der Waals surface area contributed by atoms with Gasteiger partial charge in [-0.15, -0.1) is 0 Å². The van der Waals surface area contributed by atoms with Gasteiger partial charge in [0.1, 0.15) is 5.75 Å². The number of phenolic OH excluding ortho intramolecular Hbond substituents is 1. The lowest BCUT2D eigenvalue weighted by molar-refractivity contribution is 0.0311. The van der Waals surface area contributed by atoms with Gasteiger partial charge in [0.25, 0.3) is 5.91 Å². The molecule has 1 aliphatic heterocycles. The van der Waals surface area contributed by atoms with Gasteiger partial charge < -0.3 is 10.0 Å². The van der Waals surface area contributed by atoms with Crippen LogP contribution in [0.15, 0.2) is 18.2 Å². The Kier molecular flexibility index (Phi) is 3.54. The van der Waals surface area contributed by atoms with Gasteiger partial charge in [-0.3, -0.25) is 9.69 Å². The van der Waals surface area contributed by atoms with E-state index in [0.717, 1.165) is 18.7 Å². The van der Waals surface area contributed by atoms with Crippen LogP contribution in [0.3, 0.4) is 0 Å². The van der Waals surface area contributed by atoms with Crippen molar-refractivity contribution in [1.29, 1.82) is 0 Å². The Morgan fingerprint density at radius 1 is 1.32 bits per heavy atom. The number of benzene rings is 1. The van der Waals surface area contributed by atoms with Crippen molar-refractivity contribution in [2.24, 2.45) is 0 Å². The van der Waals surface area contributed by atoms with Gasteiger partial charge in [-0.2, -0.15) is 0 Å². The number of aromatic hydroxyl groups is 1. The second-order valence-corrected chi connectivity index (χ2v) is 5.96. The van der Waals surface area contributed by atoms with Gasteiger partial charge in [-0.25, -0.2) is 0 Å². The second kappa shape index (κ2) is 4.85. The van der Waals surface area contributed by atoms with Crippen molar-refractivity contribution in [2.45, 2.75) is 26.3 Å². The molecule has 0 bridgehead atoms. The summed E-state index contributed by atoms with van der Waals surface area (Å²) in [5.74, 6) is 0.177. The number of carbonyl (C=O) groups excluding carboxylic acids is 1. The number of hydrogen-bond acceptors (Lipinski definition) is 3. The zero-order chi connectivity index (χ0) is 14.2. The number of phenols is 1. The monoisotopic (exact) mass is 262 g/mol. The first-order valence-corrected chi connectivity index (χ1v) is 6.61. The van der Waals surface area contributed by atoms with Gasteiger partial charge in [-0.05, 0) is 45.5 Å². The van der Waals surface area contributed by atoms with E-state index in [0.29, 0.717) is 12.1 Å². The molecule has 0 atom stereocenters. The molecule has 1 N–H and O–H groups in total. The highest BCUT2D eigenvalue weighted by Gasteiger charge is 2.33. The van der Waals surface area contributed by atoms with Crippen LogP contribution >= 0.6 is 0 Å². The predicted octanol–water partition coefficient (Wildman–Crippen LogP) is 1.87. The summed E-state index contributed by atoms with van der Waals surface area (Å²) in [5.41, 5.74) is 1.33. The first-order valence-electron chi connectivity index (χ1n) is 6.61. The summed E-state index contributed by atoms with van der Waals surface area (Å²) in [4.78, 5) is 16.6. The highest BCUT2D eigenvalue weighted by atomic mass is 16.3. The van der Waals surface area contributed by atoms with Crippen molar-refractivity contribution in [3.63, 3.8) is 0 Å². The van der Waals surface area contributed by atoms with Crippen molar-refractivity contribution >= 4 is 5.91 Å². The largest absolute Gasteiger partial charge is 0.508 e. The summed E-state index contributed by atoms with van der Waals surface area (Å²) in [5, 5.41) is 9.71. The van der Waals surface area contributed by atoms with Crippen LogP contribution in [0.1, 0.15) is 29.8 Å². The quantitative estimate of drug-likeness (QED) is 0.840. The molecule has 4 nitrogen and oxygen atoms in total. The summed E-state index contributed by atoms with van der Waals surface area (Å²) in [6, 6.07) is 5.12. The van der Waals surface area contributed by atoms with Gasteiger partial charge in [0.2, 0.25) is 0 Å². The van der Waals surface area contributed by atoms with Crippen LogP contribution in [0.25, 0.3) is 0 Å². The lowest BCUT2D eigenvalue weighted by Gasteiger charge is -2.45. The minimum Gasteiger partial charge on any atom is -0.508 e. The molecule has 4 heteroatoms. The van der Waals surface area contributed by atoms with Crippen LogP contribution < -0.4 is 0 Å². The number of amides is 1. The molecule has 1 aromatic carbocycles. The lowest BCUT2D eigenvalue weighted by atomic mass is 9.99. The smallest absolute Gasteiger partial charge is 0.254 e. The molecular weight excluding hydrogens is 240 g/mol. The topological polar surface area (TPSA) is 43.8 Å². The Bertz CT molecular complexity index is 497. The lowest BCUT2D eigenvalue weighted by Crippen LogP contribution is -2.58. The number of aryl methyl sites for hydroxylation is 1. The first-order chi connectivity index (χ1) is 8.81. The Labute approximate surface area is 114 Å². The Morgan fingerprint density at radius 3 is 2.58 bits per heavy atom. The number of rotatable bonds is 1. The van der Waals surface area contributed by atoms with E-state index in [-0.39, 0.29) is 17.2 Å². The molecule has 1 aromatic rings. The normalized spacial score (nSPS) is 19.5. The Hall–Kier alpha value is -1.55. The summed E-state index contributed by atoms with van der Waals surface area (Å²) >= 11 is 0. The van der Waals surface area contributed by atoms with Crippen molar-refractivity contribution < 1.29 is 9.90 Å². The van der Waals surface area contributed by atoms with Crippen molar-refractivity contribution in [3.05, 3.63) is 29.3 Å². The van der Waals surface area contributed by atoms with Gasteiger partial charge in [0, 0.05) is 30.7 Å². The minimum absolute atomic E-state index is 0.00326. The predicted molar refractivity (Wildman–Crippen MR) is 75.5 cm³/mol. The van der Waals surface area contributed by atoms with Crippen LogP contribution in [0, 0.1) is 6.92 Å². The molecule has 0 radical (unpaired) electrons. The fourth-order valence-electron chi connectivity index (χ4n) is 2.34. The average molecular weight is 262 g/mol. The van der Waals surface area contributed by atoms with Gasteiger partial charge in [0.05, 0.1) is 0 Å². The summed E-state index contributed by atoms with van der Waals surface area (Å²) in [7, 11) is 2.08. The second-order valence-electron chi connectivity index (χ2n) is 5.96. The molecule has 0 saturated carbocycles. The molecule has 19 heavy (non-hydrogen) atoms. The van der Waals surface area contributed by atoms with Crippen molar-refractivity contribution in [2.75, 3.05) is 26.7 Å². The third kappa shape index (κ3) is 2.73. The van der Waals surface area contributed by atoms with E-state index in [1.165, 1.54) is 0 Å². The van der Waals surface area contributed by atoms with Crippen LogP contribution in [-0.2, 0) is 0 Å². The Balaban J connectivity index is 2.18. The Morgan fingerprint density at radius 2 is 2.00 bits per heavy atom. The summed E-state index contributed by atoms with van der Waals surface area (Å²) in [6.07, 6.45) is 0. The average Bonchev–Trinajstić information content (AvgIpc) is 2.35. The number of carbonyl (C=O) groups is 1. The van der Waals surface area contributed by atoms with Gasteiger partial charge >= 0.3 is 0 Å². The molecule has 1 heterocycles. The van der Waals surface area contributed by atoms with E-state index < -0.39 is 0 Å². The molecule has 0 aromatic heterocycles. The molecule has 0 spiro atoms. The van der Waals surface area contributed by atoms with E-state index in [1.54, 1.807) is 18.2 Å². The molecule has 0 unspecified atom stereocenters.